The normalized spacial score (nSPS) is 29.8. The van der Waals surface area contributed by atoms with Crippen molar-refractivity contribution in [2.24, 2.45) is 0 Å². The fourth-order valence-corrected chi connectivity index (χ4v) is 2.79. The molecule has 0 saturated carbocycles. The van der Waals surface area contributed by atoms with Gasteiger partial charge in [0.15, 0.2) is 0 Å². The zero-order valence-electron chi connectivity index (χ0n) is 9.66. The highest BCUT2D eigenvalue weighted by Crippen LogP contribution is 2.25. The van der Waals surface area contributed by atoms with Gasteiger partial charge in [-0.05, 0) is 19.4 Å². The van der Waals surface area contributed by atoms with Gasteiger partial charge in [-0.25, -0.2) is 4.98 Å². The largest absolute Gasteiger partial charge is 0.464 e. The van der Waals surface area contributed by atoms with Crippen LogP contribution in [0.25, 0.3) is 0 Å². The number of cyclic esters (lactones) is 1. The van der Waals surface area contributed by atoms with Crippen LogP contribution in [0.2, 0.25) is 0 Å². The summed E-state index contributed by atoms with van der Waals surface area (Å²) in [5.41, 5.74) is 0. The van der Waals surface area contributed by atoms with Crippen molar-refractivity contribution in [3.63, 3.8) is 0 Å². The van der Waals surface area contributed by atoms with Gasteiger partial charge >= 0.3 is 5.97 Å². The van der Waals surface area contributed by atoms with Crippen molar-refractivity contribution in [1.29, 1.82) is 0 Å². The van der Waals surface area contributed by atoms with Crippen LogP contribution in [-0.2, 0) is 16.1 Å². The highest BCUT2D eigenvalue weighted by Gasteiger charge is 2.38. The molecule has 3 rings (SSSR count). The van der Waals surface area contributed by atoms with E-state index in [1.54, 1.807) is 12.7 Å². The van der Waals surface area contributed by atoms with Crippen LogP contribution in [0.15, 0.2) is 12.7 Å². The quantitative estimate of drug-likeness (QED) is 0.694. The molecule has 0 spiro atoms. The maximum Gasteiger partial charge on any atom is 0.323 e. The third-order valence-corrected chi connectivity index (χ3v) is 3.60. The molecule has 2 fully saturated rings. The molecule has 0 aromatic carbocycles. The predicted octanol–water partition coefficient (Wildman–Crippen LogP) is 0.0580. The Morgan fingerprint density at radius 3 is 3.12 bits per heavy atom. The highest BCUT2D eigenvalue weighted by molar-refractivity contribution is 5.77. The van der Waals surface area contributed by atoms with Crippen molar-refractivity contribution >= 4 is 5.97 Å². The van der Waals surface area contributed by atoms with E-state index in [4.69, 9.17) is 4.74 Å². The molecule has 1 aromatic rings. The molecular formula is C11H16N4O2. The highest BCUT2D eigenvalue weighted by atomic mass is 16.5. The van der Waals surface area contributed by atoms with Gasteiger partial charge in [0.2, 0.25) is 0 Å². The smallest absolute Gasteiger partial charge is 0.323 e. The molecular weight excluding hydrogens is 220 g/mol. The molecule has 2 atom stereocenters. The van der Waals surface area contributed by atoms with E-state index < -0.39 is 0 Å². The van der Waals surface area contributed by atoms with Crippen LogP contribution >= 0.6 is 0 Å². The summed E-state index contributed by atoms with van der Waals surface area (Å²) < 4.78 is 6.88. The lowest BCUT2D eigenvalue weighted by Gasteiger charge is -2.27. The maximum absolute atomic E-state index is 11.6. The van der Waals surface area contributed by atoms with Crippen LogP contribution in [0.1, 0.15) is 19.3 Å². The number of likely N-dealkylation sites (tertiary alicyclic amines) is 1. The monoisotopic (exact) mass is 236 g/mol. The lowest BCUT2D eigenvalue weighted by molar-refractivity contribution is -0.142. The number of carbonyl (C=O) groups is 1. The third-order valence-electron chi connectivity index (χ3n) is 3.60. The van der Waals surface area contributed by atoms with Gasteiger partial charge in [0, 0.05) is 12.5 Å². The second-order valence-electron chi connectivity index (χ2n) is 4.62. The first-order valence-electron chi connectivity index (χ1n) is 6.09. The molecule has 2 aliphatic heterocycles. The van der Waals surface area contributed by atoms with Gasteiger partial charge in [-0.2, -0.15) is 5.10 Å². The van der Waals surface area contributed by atoms with Crippen molar-refractivity contribution in [3.8, 4) is 0 Å². The molecule has 6 nitrogen and oxygen atoms in total. The van der Waals surface area contributed by atoms with Crippen molar-refractivity contribution in [3.05, 3.63) is 12.7 Å². The van der Waals surface area contributed by atoms with Gasteiger partial charge in [0.05, 0.1) is 13.2 Å². The first-order chi connectivity index (χ1) is 8.34. The van der Waals surface area contributed by atoms with Crippen LogP contribution < -0.4 is 0 Å². The number of hydrogen-bond acceptors (Lipinski definition) is 5. The molecule has 3 heterocycles. The van der Waals surface area contributed by atoms with Gasteiger partial charge in [-0.3, -0.25) is 14.4 Å². The van der Waals surface area contributed by atoms with E-state index >= 15 is 0 Å². The zero-order chi connectivity index (χ0) is 11.7. The number of nitrogens with zero attached hydrogens (tertiary/aromatic N) is 4. The average molecular weight is 236 g/mol. The number of hydrogen-bond donors (Lipinski definition) is 0. The van der Waals surface area contributed by atoms with Gasteiger partial charge < -0.3 is 4.74 Å². The Bertz CT molecular complexity index is 392. The van der Waals surface area contributed by atoms with Crippen LogP contribution in [0.5, 0.6) is 0 Å². The van der Waals surface area contributed by atoms with Crippen LogP contribution in [0.4, 0.5) is 0 Å². The molecule has 2 saturated heterocycles. The first kappa shape index (κ1) is 10.7. The average Bonchev–Trinajstić information content (AvgIpc) is 3.00. The molecule has 0 unspecified atom stereocenters. The summed E-state index contributed by atoms with van der Waals surface area (Å²) in [4.78, 5) is 17.8. The lowest BCUT2D eigenvalue weighted by Crippen LogP contribution is -2.43. The molecule has 0 radical (unpaired) electrons. The maximum atomic E-state index is 11.6. The minimum Gasteiger partial charge on any atom is -0.464 e. The molecule has 0 amide bonds. The van der Waals surface area contributed by atoms with Crippen LogP contribution in [0.3, 0.4) is 0 Å². The minimum atomic E-state index is -0.0597. The van der Waals surface area contributed by atoms with E-state index in [1.165, 1.54) is 0 Å². The Kier molecular flexibility index (Phi) is 2.80. The van der Waals surface area contributed by atoms with Crippen molar-refractivity contribution in [1.82, 2.24) is 19.7 Å². The summed E-state index contributed by atoms with van der Waals surface area (Å²) in [7, 11) is 0. The number of aromatic nitrogens is 3. The number of ether oxygens (including phenoxy) is 1. The molecule has 2 aliphatic rings. The SMILES string of the molecule is O=C1OCC[C@@H]1N1CCC[C@@H]1Cn1cncn1. The number of carbonyl (C=O) groups excluding carboxylic acids is 1. The summed E-state index contributed by atoms with van der Waals surface area (Å²) in [5, 5.41) is 4.12. The van der Waals surface area contributed by atoms with Crippen molar-refractivity contribution < 1.29 is 9.53 Å². The van der Waals surface area contributed by atoms with E-state index in [2.05, 4.69) is 15.0 Å². The Labute approximate surface area is 99.6 Å². The Balaban J connectivity index is 1.69. The summed E-state index contributed by atoms with van der Waals surface area (Å²) >= 11 is 0. The topological polar surface area (TPSA) is 60.2 Å². The summed E-state index contributed by atoms with van der Waals surface area (Å²) in [5.74, 6) is -0.0597. The van der Waals surface area contributed by atoms with Crippen LogP contribution in [0, 0.1) is 0 Å². The molecule has 1 aromatic heterocycles. The minimum absolute atomic E-state index is 0.0361. The fraction of sp³-hybridized carbons (Fsp3) is 0.727. The number of rotatable bonds is 3. The van der Waals surface area contributed by atoms with E-state index in [-0.39, 0.29) is 12.0 Å². The molecule has 0 bridgehead atoms. The summed E-state index contributed by atoms with van der Waals surface area (Å²) in [6.07, 6.45) is 6.35. The number of esters is 1. The van der Waals surface area contributed by atoms with Gasteiger partial charge in [-0.15, -0.1) is 0 Å². The molecule has 6 heteroatoms. The Morgan fingerprint density at radius 2 is 2.41 bits per heavy atom. The second kappa shape index (κ2) is 4.44. The van der Waals surface area contributed by atoms with Gasteiger partial charge in [0.1, 0.15) is 18.7 Å². The third kappa shape index (κ3) is 2.04. The molecule has 0 aliphatic carbocycles. The second-order valence-corrected chi connectivity index (χ2v) is 4.62. The molecule has 0 N–H and O–H groups in total. The van der Waals surface area contributed by atoms with Gasteiger partial charge in [-0.1, -0.05) is 0 Å². The lowest BCUT2D eigenvalue weighted by atomic mass is 10.1. The molecule has 17 heavy (non-hydrogen) atoms. The summed E-state index contributed by atoms with van der Waals surface area (Å²) in [6.45, 7) is 2.36. The summed E-state index contributed by atoms with van der Waals surface area (Å²) in [6, 6.07) is 0.346. The van der Waals surface area contributed by atoms with E-state index in [0.29, 0.717) is 12.6 Å². The first-order valence-corrected chi connectivity index (χ1v) is 6.09. The van der Waals surface area contributed by atoms with E-state index in [1.807, 2.05) is 4.68 Å². The fourth-order valence-electron chi connectivity index (χ4n) is 2.79. The van der Waals surface area contributed by atoms with Crippen molar-refractivity contribution in [2.45, 2.75) is 37.9 Å². The van der Waals surface area contributed by atoms with Crippen LogP contribution in [-0.4, -0.2) is 50.9 Å². The Hall–Kier alpha value is -1.43. The van der Waals surface area contributed by atoms with Gasteiger partial charge in [0.25, 0.3) is 0 Å². The van der Waals surface area contributed by atoms with E-state index in [9.17, 15) is 4.79 Å². The standard InChI is InChI=1S/C11H16N4O2/c16-11-10(3-5-17-11)15-4-1-2-9(15)6-14-8-12-7-13-14/h7-10H,1-6H2/t9-,10+/m1/s1. The molecule has 92 valence electrons. The van der Waals surface area contributed by atoms with E-state index in [0.717, 1.165) is 32.4 Å². The Morgan fingerprint density at radius 1 is 1.47 bits per heavy atom. The predicted molar refractivity (Wildman–Crippen MR) is 59.1 cm³/mol. The van der Waals surface area contributed by atoms with Crippen molar-refractivity contribution in [2.75, 3.05) is 13.2 Å². The zero-order valence-corrected chi connectivity index (χ0v) is 9.66.